The van der Waals surface area contributed by atoms with E-state index in [4.69, 9.17) is 16.7 Å². The number of nitrogens with one attached hydrogen (secondary N) is 1. The maximum absolute atomic E-state index is 13.9. The fourth-order valence-corrected chi connectivity index (χ4v) is 4.89. The molecule has 2 aromatic carbocycles. The number of hydrogen-bond donors (Lipinski definition) is 2. The highest BCUT2D eigenvalue weighted by Crippen LogP contribution is 2.44. The molecular formula is C28H36ClF2N3O2. The van der Waals surface area contributed by atoms with Crippen LogP contribution in [-0.4, -0.2) is 35.4 Å². The van der Waals surface area contributed by atoms with Crippen molar-refractivity contribution in [2.75, 3.05) is 18.2 Å². The van der Waals surface area contributed by atoms with Gasteiger partial charge in [0.15, 0.2) is 0 Å². The second-order valence-electron chi connectivity index (χ2n) is 10.4. The summed E-state index contributed by atoms with van der Waals surface area (Å²) >= 11 is 6.45. The molecule has 2 unspecified atom stereocenters. The zero-order valence-electron chi connectivity index (χ0n) is 21.5. The monoisotopic (exact) mass is 519 g/mol. The number of benzene rings is 2. The number of unbranched alkanes of at least 4 members (excludes halogenated alkanes) is 1. The van der Waals surface area contributed by atoms with Crippen LogP contribution in [0.2, 0.25) is 5.02 Å². The van der Waals surface area contributed by atoms with E-state index in [1.807, 2.05) is 20.8 Å². The highest BCUT2D eigenvalue weighted by molar-refractivity contribution is 6.33. The molecule has 1 heterocycles. The number of nitrogens with zero attached hydrogens (tertiary/aromatic N) is 2. The van der Waals surface area contributed by atoms with Crippen molar-refractivity contribution >= 4 is 28.9 Å². The minimum Gasteiger partial charge on any atom is -0.396 e. The largest absolute Gasteiger partial charge is 0.396 e. The summed E-state index contributed by atoms with van der Waals surface area (Å²) in [6.45, 7) is 8.39. The van der Waals surface area contributed by atoms with Crippen LogP contribution in [0, 0.1) is 23.0 Å². The van der Waals surface area contributed by atoms with E-state index in [1.165, 1.54) is 30.3 Å². The first-order chi connectivity index (χ1) is 17.0. The predicted molar refractivity (Wildman–Crippen MR) is 141 cm³/mol. The number of aliphatic hydroxyl groups is 1. The molecule has 5 nitrogen and oxygen atoms in total. The number of carbonyl (C=O) groups excluding carboxylic acids is 1. The fraction of sp³-hybridized carbons (Fsp3) is 0.500. The van der Waals surface area contributed by atoms with Crippen molar-refractivity contribution in [1.29, 1.82) is 0 Å². The summed E-state index contributed by atoms with van der Waals surface area (Å²) < 4.78 is 27.6. The maximum Gasteiger partial charge on any atom is 0.248 e. The molecular weight excluding hydrogens is 484 g/mol. The van der Waals surface area contributed by atoms with Gasteiger partial charge in [-0.25, -0.2) is 13.8 Å². The Balaban J connectivity index is 2.01. The van der Waals surface area contributed by atoms with Crippen molar-refractivity contribution < 1.29 is 18.7 Å². The highest BCUT2D eigenvalue weighted by Gasteiger charge is 2.53. The molecule has 0 bridgehead atoms. The minimum absolute atomic E-state index is 0.0729. The van der Waals surface area contributed by atoms with Crippen molar-refractivity contribution in [1.82, 2.24) is 5.32 Å². The lowest BCUT2D eigenvalue weighted by molar-refractivity contribution is -0.126. The number of carbonyl (C=O) groups is 1. The average molecular weight is 520 g/mol. The van der Waals surface area contributed by atoms with E-state index in [0.717, 1.165) is 24.8 Å². The molecule has 0 radical (unpaired) electrons. The van der Waals surface area contributed by atoms with E-state index in [1.54, 1.807) is 17.1 Å². The van der Waals surface area contributed by atoms with Gasteiger partial charge in [0.25, 0.3) is 0 Å². The summed E-state index contributed by atoms with van der Waals surface area (Å²) in [6.07, 6.45) is 3.94. The van der Waals surface area contributed by atoms with Crippen LogP contribution >= 0.6 is 11.6 Å². The van der Waals surface area contributed by atoms with E-state index in [-0.39, 0.29) is 34.7 Å². The number of halogens is 3. The van der Waals surface area contributed by atoms with Crippen molar-refractivity contribution in [3.05, 3.63) is 64.7 Å². The van der Waals surface area contributed by atoms with Gasteiger partial charge in [-0.05, 0) is 67.5 Å². The lowest BCUT2D eigenvalue weighted by Crippen LogP contribution is -2.58. The number of rotatable bonds is 11. The Morgan fingerprint density at radius 2 is 1.83 bits per heavy atom. The molecule has 0 saturated heterocycles. The van der Waals surface area contributed by atoms with Crippen molar-refractivity contribution in [2.24, 2.45) is 16.4 Å². The number of amides is 1. The van der Waals surface area contributed by atoms with E-state index >= 15 is 0 Å². The van der Waals surface area contributed by atoms with Gasteiger partial charge in [0, 0.05) is 19.1 Å². The normalized spacial score (nSPS) is 19.9. The van der Waals surface area contributed by atoms with Gasteiger partial charge in [-0.1, -0.05) is 57.3 Å². The van der Waals surface area contributed by atoms with Gasteiger partial charge < -0.3 is 10.4 Å². The summed E-state index contributed by atoms with van der Waals surface area (Å²) in [4.78, 5) is 13.9. The van der Waals surface area contributed by atoms with Gasteiger partial charge >= 0.3 is 0 Å². The third-order valence-electron chi connectivity index (χ3n) is 6.98. The average Bonchev–Trinajstić information content (AvgIpc) is 3.14. The van der Waals surface area contributed by atoms with Crippen LogP contribution in [0.1, 0.15) is 65.4 Å². The Labute approximate surface area is 217 Å². The molecule has 2 aromatic rings. The summed E-state index contributed by atoms with van der Waals surface area (Å²) in [7, 11) is 0. The molecule has 8 heteroatoms. The number of aliphatic hydroxyl groups excluding tert-OH is 1. The summed E-state index contributed by atoms with van der Waals surface area (Å²) in [6, 6.07) is 10.1. The van der Waals surface area contributed by atoms with Crippen molar-refractivity contribution in [3.63, 3.8) is 0 Å². The molecule has 2 N–H and O–H groups in total. The van der Waals surface area contributed by atoms with Crippen molar-refractivity contribution in [3.8, 4) is 0 Å². The Morgan fingerprint density at radius 3 is 2.44 bits per heavy atom. The molecule has 2 atom stereocenters. The molecule has 1 aliphatic rings. The van der Waals surface area contributed by atoms with Crippen LogP contribution < -0.4 is 10.3 Å². The smallest absolute Gasteiger partial charge is 0.248 e. The first-order valence-corrected chi connectivity index (χ1v) is 12.9. The Morgan fingerprint density at radius 1 is 1.17 bits per heavy atom. The van der Waals surface area contributed by atoms with Gasteiger partial charge in [0.05, 0.1) is 16.4 Å². The molecule has 0 aliphatic carbocycles. The highest BCUT2D eigenvalue weighted by atomic mass is 35.5. The Hall–Kier alpha value is -2.51. The SMILES string of the molecule is CCCCC1C(c2ccc(F)cc2)=NN(c2ccc(F)cc2Cl)C1(C)C(=O)NCCCC(C)(C)CO. The van der Waals surface area contributed by atoms with Crippen LogP contribution in [-0.2, 0) is 4.79 Å². The van der Waals surface area contributed by atoms with Gasteiger partial charge in [-0.2, -0.15) is 5.10 Å². The summed E-state index contributed by atoms with van der Waals surface area (Å²) in [5.74, 6) is -1.36. The molecule has 0 spiro atoms. The first-order valence-electron chi connectivity index (χ1n) is 12.5. The third-order valence-corrected chi connectivity index (χ3v) is 7.29. The minimum atomic E-state index is -1.15. The van der Waals surface area contributed by atoms with E-state index in [0.29, 0.717) is 30.8 Å². The van der Waals surface area contributed by atoms with Gasteiger partial charge in [-0.3, -0.25) is 4.79 Å². The molecule has 0 saturated carbocycles. The molecule has 1 amide bonds. The summed E-state index contributed by atoms with van der Waals surface area (Å²) in [5, 5.41) is 19.2. The Kier molecular flexibility index (Phi) is 9.12. The lowest BCUT2D eigenvalue weighted by atomic mass is 9.77. The van der Waals surface area contributed by atoms with Gasteiger partial charge in [0.1, 0.15) is 17.2 Å². The van der Waals surface area contributed by atoms with Crippen LogP contribution in [0.25, 0.3) is 0 Å². The number of hydrazone groups is 1. The lowest BCUT2D eigenvalue weighted by Gasteiger charge is -2.38. The van der Waals surface area contributed by atoms with Crippen LogP contribution in [0.3, 0.4) is 0 Å². The Bertz CT molecular complexity index is 1090. The second-order valence-corrected chi connectivity index (χ2v) is 10.8. The molecule has 1 aliphatic heterocycles. The second kappa shape index (κ2) is 11.7. The molecule has 0 aromatic heterocycles. The fourth-order valence-electron chi connectivity index (χ4n) is 4.64. The van der Waals surface area contributed by atoms with Gasteiger partial charge in [-0.15, -0.1) is 0 Å². The van der Waals surface area contributed by atoms with E-state index in [2.05, 4.69) is 12.2 Å². The number of hydrogen-bond acceptors (Lipinski definition) is 4. The van der Waals surface area contributed by atoms with E-state index in [9.17, 15) is 18.7 Å². The van der Waals surface area contributed by atoms with Gasteiger partial charge in [0.2, 0.25) is 5.91 Å². The first kappa shape index (κ1) is 28.1. The quantitative estimate of drug-likeness (QED) is 0.341. The van der Waals surface area contributed by atoms with Crippen LogP contribution in [0.4, 0.5) is 14.5 Å². The van der Waals surface area contributed by atoms with Crippen molar-refractivity contribution in [2.45, 2.75) is 65.3 Å². The predicted octanol–water partition coefficient (Wildman–Crippen LogP) is 6.32. The standard InChI is InChI=1S/C28H36ClF2N3O2/c1-5-6-8-22-25(19-9-11-20(30)12-10-19)33-34(24-14-13-21(31)17-23(24)29)28(22,4)26(36)32-16-7-15-27(2,3)18-35/h9-14,17,22,35H,5-8,15-16,18H2,1-4H3,(H,32,36). The topological polar surface area (TPSA) is 64.9 Å². The zero-order valence-corrected chi connectivity index (χ0v) is 22.2. The molecule has 36 heavy (non-hydrogen) atoms. The zero-order chi connectivity index (χ0) is 26.5. The van der Waals surface area contributed by atoms with Crippen LogP contribution in [0.5, 0.6) is 0 Å². The third kappa shape index (κ3) is 6.06. The molecule has 3 rings (SSSR count). The maximum atomic E-state index is 13.9. The molecule has 0 fully saturated rings. The number of anilines is 1. The summed E-state index contributed by atoms with van der Waals surface area (Å²) in [5.41, 5.74) is 0.450. The van der Waals surface area contributed by atoms with E-state index < -0.39 is 11.4 Å². The molecule has 196 valence electrons. The van der Waals surface area contributed by atoms with Crippen LogP contribution in [0.15, 0.2) is 47.6 Å².